The van der Waals surface area contributed by atoms with Crippen LogP contribution in [0, 0.1) is 0 Å². The maximum absolute atomic E-state index is 2.48. The fourth-order valence-electron chi connectivity index (χ4n) is 6.99. The van der Waals surface area contributed by atoms with Gasteiger partial charge in [0.2, 0.25) is 0 Å². The number of fused-ring (bicyclic) bond motifs is 2. The molecule has 46 heavy (non-hydrogen) atoms. The van der Waals surface area contributed by atoms with Gasteiger partial charge < -0.3 is 9.80 Å². The van der Waals surface area contributed by atoms with Gasteiger partial charge in [-0.25, -0.2) is 0 Å². The molecular weight excluding hydrogens is 556 g/mol. The molecule has 0 bridgehead atoms. The van der Waals surface area contributed by atoms with Gasteiger partial charge in [0.15, 0.2) is 0 Å². The number of hydrogen-bond acceptors (Lipinski definition) is 2. The highest BCUT2D eigenvalue weighted by atomic mass is 15.2. The van der Waals surface area contributed by atoms with Gasteiger partial charge in [-0.3, -0.25) is 0 Å². The summed E-state index contributed by atoms with van der Waals surface area (Å²) in [7, 11) is 0. The summed E-state index contributed by atoms with van der Waals surface area (Å²) >= 11 is 0. The van der Waals surface area contributed by atoms with Crippen molar-refractivity contribution in [3.63, 3.8) is 0 Å². The van der Waals surface area contributed by atoms with Crippen molar-refractivity contribution in [2.45, 2.75) is 25.7 Å². The normalized spacial score (nSPS) is 13.9. The molecule has 0 unspecified atom stereocenters. The number of para-hydroxylation sites is 2. The molecule has 0 fully saturated rings. The molecule has 0 N–H and O–H groups in total. The van der Waals surface area contributed by atoms with Crippen molar-refractivity contribution in [3.05, 3.63) is 186 Å². The standard InChI is InChI=1S/C44H36N2/c1-3-17-37(18-4-1)45(43-23-11-15-35-13-7-9-21-41(35)43)39-29-25-33(26-30-39)34-27-31-40(32-28-34)46(38-19-5-2-6-20-38)44-24-12-16-36-14-8-10-22-42(36)44/h1-9,11-21,23-27,29-31H,10,22,28,32H2. The molecule has 2 nitrogen and oxygen atoms in total. The summed E-state index contributed by atoms with van der Waals surface area (Å²) in [4.78, 5) is 4.85. The number of nitrogens with zero attached hydrogens (tertiary/aromatic N) is 2. The molecule has 0 amide bonds. The van der Waals surface area contributed by atoms with Crippen LogP contribution in [-0.2, 0) is 6.42 Å². The van der Waals surface area contributed by atoms with E-state index in [1.54, 1.807) is 0 Å². The Hall–Kier alpha value is -5.60. The van der Waals surface area contributed by atoms with Crippen LogP contribution in [0.5, 0.6) is 0 Å². The van der Waals surface area contributed by atoms with Crippen LogP contribution in [-0.4, -0.2) is 0 Å². The van der Waals surface area contributed by atoms with E-state index in [-0.39, 0.29) is 0 Å². The van der Waals surface area contributed by atoms with Gasteiger partial charge in [-0.1, -0.05) is 115 Å². The van der Waals surface area contributed by atoms with Crippen LogP contribution < -0.4 is 9.80 Å². The first-order valence-electron chi connectivity index (χ1n) is 16.3. The maximum Gasteiger partial charge on any atom is 0.0540 e. The Morgan fingerprint density at radius 2 is 1.11 bits per heavy atom. The molecule has 0 aliphatic heterocycles. The molecule has 2 heteroatoms. The van der Waals surface area contributed by atoms with Gasteiger partial charge in [-0.2, -0.15) is 0 Å². The molecule has 0 radical (unpaired) electrons. The second kappa shape index (κ2) is 12.4. The third-order valence-corrected chi connectivity index (χ3v) is 9.23. The highest BCUT2D eigenvalue weighted by molar-refractivity contribution is 5.99. The van der Waals surface area contributed by atoms with Gasteiger partial charge in [-0.15, -0.1) is 0 Å². The lowest BCUT2D eigenvalue weighted by Crippen LogP contribution is -2.20. The summed E-state index contributed by atoms with van der Waals surface area (Å²) in [5.74, 6) is 0. The SMILES string of the molecule is C1=Cc2cccc(N(C3=CC=C(c4ccc(N(c5ccccc5)c5cccc6ccccc56)cc4)CC3)c3ccccc3)c2CC1. The van der Waals surface area contributed by atoms with E-state index in [0.717, 1.165) is 37.1 Å². The average molecular weight is 593 g/mol. The van der Waals surface area contributed by atoms with Gasteiger partial charge in [0.1, 0.15) is 0 Å². The zero-order chi connectivity index (χ0) is 30.7. The molecule has 0 saturated heterocycles. The summed E-state index contributed by atoms with van der Waals surface area (Å²) in [5.41, 5.74) is 12.8. The van der Waals surface area contributed by atoms with E-state index in [0.29, 0.717) is 0 Å². The zero-order valence-electron chi connectivity index (χ0n) is 25.9. The number of hydrogen-bond donors (Lipinski definition) is 0. The molecule has 0 saturated carbocycles. The van der Waals surface area contributed by atoms with E-state index in [2.05, 4.69) is 180 Å². The Kier molecular flexibility index (Phi) is 7.54. The van der Waals surface area contributed by atoms with Crippen LogP contribution in [0.15, 0.2) is 170 Å². The monoisotopic (exact) mass is 592 g/mol. The lowest BCUT2D eigenvalue weighted by atomic mass is 9.92. The number of allylic oxidation sites excluding steroid dienone is 5. The summed E-state index contributed by atoms with van der Waals surface area (Å²) < 4.78 is 0. The van der Waals surface area contributed by atoms with Crippen molar-refractivity contribution >= 4 is 50.9 Å². The maximum atomic E-state index is 2.48. The number of benzene rings is 6. The van der Waals surface area contributed by atoms with E-state index in [1.807, 2.05) is 0 Å². The third-order valence-electron chi connectivity index (χ3n) is 9.23. The number of anilines is 5. The Morgan fingerprint density at radius 3 is 1.87 bits per heavy atom. The Morgan fingerprint density at radius 1 is 0.457 bits per heavy atom. The Bertz CT molecular complexity index is 2080. The van der Waals surface area contributed by atoms with Crippen LogP contribution in [0.4, 0.5) is 28.4 Å². The van der Waals surface area contributed by atoms with Crippen molar-refractivity contribution < 1.29 is 0 Å². The molecular formula is C44H36N2. The topological polar surface area (TPSA) is 6.48 Å². The van der Waals surface area contributed by atoms with E-state index in [1.165, 1.54) is 55.8 Å². The van der Waals surface area contributed by atoms with Crippen molar-refractivity contribution in [1.82, 2.24) is 0 Å². The fraction of sp³-hybridized carbons (Fsp3) is 0.0909. The van der Waals surface area contributed by atoms with Crippen LogP contribution in [0.1, 0.15) is 36.0 Å². The Labute approximate surface area is 271 Å². The summed E-state index contributed by atoms with van der Waals surface area (Å²) in [6, 6.07) is 52.5. The minimum absolute atomic E-state index is 0.980. The lowest BCUT2D eigenvalue weighted by molar-refractivity contribution is 0.913. The molecule has 2 aliphatic carbocycles. The van der Waals surface area contributed by atoms with Gasteiger partial charge in [-0.05, 0) is 108 Å². The fourth-order valence-corrected chi connectivity index (χ4v) is 6.99. The average Bonchev–Trinajstić information content (AvgIpc) is 3.14. The highest BCUT2D eigenvalue weighted by Gasteiger charge is 2.22. The molecule has 6 aromatic carbocycles. The molecule has 6 aromatic rings. The second-order valence-corrected chi connectivity index (χ2v) is 12.0. The van der Waals surface area contributed by atoms with Crippen molar-refractivity contribution in [1.29, 1.82) is 0 Å². The minimum atomic E-state index is 0.980. The van der Waals surface area contributed by atoms with Gasteiger partial charge in [0.25, 0.3) is 0 Å². The van der Waals surface area contributed by atoms with E-state index >= 15 is 0 Å². The molecule has 0 atom stereocenters. The van der Waals surface area contributed by atoms with Gasteiger partial charge >= 0.3 is 0 Å². The quantitative estimate of drug-likeness (QED) is 0.182. The molecule has 0 heterocycles. The predicted molar refractivity (Wildman–Crippen MR) is 196 cm³/mol. The lowest BCUT2D eigenvalue weighted by Gasteiger charge is -2.32. The Balaban J connectivity index is 1.14. The van der Waals surface area contributed by atoms with Gasteiger partial charge in [0.05, 0.1) is 5.69 Å². The highest BCUT2D eigenvalue weighted by Crippen LogP contribution is 2.42. The summed E-state index contributed by atoms with van der Waals surface area (Å²) in [5, 5.41) is 2.48. The van der Waals surface area contributed by atoms with Crippen LogP contribution in [0.25, 0.3) is 22.4 Å². The first-order chi connectivity index (χ1) is 22.8. The zero-order valence-corrected chi connectivity index (χ0v) is 25.9. The smallest absolute Gasteiger partial charge is 0.0540 e. The van der Waals surface area contributed by atoms with Crippen molar-refractivity contribution in [2.24, 2.45) is 0 Å². The first kappa shape index (κ1) is 27.9. The van der Waals surface area contributed by atoms with Crippen molar-refractivity contribution in [3.8, 4) is 0 Å². The molecule has 222 valence electrons. The van der Waals surface area contributed by atoms with Crippen LogP contribution >= 0.6 is 0 Å². The molecule has 2 aliphatic rings. The summed E-state index contributed by atoms with van der Waals surface area (Å²) in [6.45, 7) is 0. The van der Waals surface area contributed by atoms with Crippen molar-refractivity contribution in [2.75, 3.05) is 9.80 Å². The third kappa shape index (κ3) is 5.33. The first-order valence-corrected chi connectivity index (χ1v) is 16.3. The van der Waals surface area contributed by atoms with Gasteiger partial charge in [0, 0.05) is 33.8 Å². The predicted octanol–water partition coefficient (Wildman–Crippen LogP) is 12.2. The van der Waals surface area contributed by atoms with E-state index in [9.17, 15) is 0 Å². The number of rotatable bonds is 7. The summed E-state index contributed by atoms with van der Waals surface area (Å²) in [6.07, 6.45) is 13.4. The van der Waals surface area contributed by atoms with Crippen LogP contribution in [0.3, 0.4) is 0 Å². The largest absolute Gasteiger partial charge is 0.314 e. The van der Waals surface area contributed by atoms with Crippen LogP contribution in [0.2, 0.25) is 0 Å². The molecule has 0 spiro atoms. The van der Waals surface area contributed by atoms with E-state index in [4.69, 9.17) is 0 Å². The second-order valence-electron chi connectivity index (χ2n) is 12.0. The van der Waals surface area contributed by atoms with E-state index < -0.39 is 0 Å². The minimum Gasteiger partial charge on any atom is -0.314 e. The molecule has 0 aromatic heterocycles. The molecule has 8 rings (SSSR count).